The van der Waals surface area contributed by atoms with Gasteiger partial charge in [-0.05, 0) is 79.9 Å². The maximum absolute atomic E-state index is 14.1. The minimum Gasteiger partial charge on any atom is -0.446 e. The van der Waals surface area contributed by atoms with Crippen LogP contribution in [0.5, 0.6) is 0 Å². The van der Waals surface area contributed by atoms with Gasteiger partial charge in [0, 0.05) is 49.3 Å². The average molecular weight is 649 g/mol. The van der Waals surface area contributed by atoms with Crippen molar-refractivity contribution in [3.05, 3.63) is 71.9 Å². The second-order valence-electron chi connectivity index (χ2n) is 14.1. The van der Waals surface area contributed by atoms with Gasteiger partial charge in [0.2, 0.25) is 11.8 Å². The molecule has 1 heterocycles. The quantitative estimate of drug-likeness (QED) is 0.169. The molecule has 4 fully saturated rings. The number of hydrogen-bond acceptors (Lipinski definition) is 5. The second kappa shape index (κ2) is 13.2. The summed E-state index contributed by atoms with van der Waals surface area (Å²) in [6, 6.07) is 16.5. The number of para-hydroxylation sites is 1. The van der Waals surface area contributed by atoms with Crippen LogP contribution in [0.4, 0.5) is 4.79 Å². The summed E-state index contributed by atoms with van der Waals surface area (Å²) >= 11 is 0. The summed E-state index contributed by atoms with van der Waals surface area (Å²) in [4.78, 5) is 53.4. The van der Waals surface area contributed by atoms with E-state index < -0.39 is 36.9 Å². The van der Waals surface area contributed by atoms with Crippen molar-refractivity contribution in [1.29, 1.82) is 0 Å². The lowest BCUT2D eigenvalue weighted by Crippen LogP contribution is -2.60. The maximum atomic E-state index is 14.1. The number of benzene rings is 2. The third-order valence-electron chi connectivity index (χ3n) is 10.2. The molecular formula is C35H45N4O6P. The normalized spacial score (nSPS) is 26.5. The number of fused-ring (bicyclic) bond motifs is 1. The van der Waals surface area contributed by atoms with E-state index in [0.717, 1.165) is 59.5 Å². The predicted molar refractivity (Wildman–Crippen MR) is 176 cm³/mol. The van der Waals surface area contributed by atoms with Crippen LogP contribution < -0.4 is 16.0 Å². The van der Waals surface area contributed by atoms with Crippen LogP contribution >= 0.6 is 7.37 Å². The zero-order valence-electron chi connectivity index (χ0n) is 26.5. The first-order valence-corrected chi connectivity index (χ1v) is 18.7. The topological polar surface area (TPSA) is 150 Å². The van der Waals surface area contributed by atoms with Crippen LogP contribution in [0.2, 0.25) is 0 Å². The van der Waals surface area contributed by atoms with Crippen molar-refractivity contribution in [1.82, 2.24) is 20.9 Å². The van der Waals surface area contributed by atoms with E-state index in [4.69, 9.17) is 4.74 Å². The average Bonchev–Trinajstić information content (AvgIpc) is 3.41. The molecule has 2 aromatic carbocycles. The Morgan fingerprint density at radius 1 is 1.00 bits per heavy atom. The van der Waals surface area contributed by atoms with Crippen molar-refractivity contribution < 1.29 is 28.6 Å². The summed E-state index contributed by atoms with van der Waals surface area (Å²) in [5, 5.41) is 9.81. The SMILES string of the molecule is C[C@](Cc1c[nH]c2ccccc12)(NC(=O)OC1C2CC3CC(C2)CC1C3)C(=O)NC[C@@H](NC(=O)CCP(C)(=O)O)c1ccccc1. The molecule has 4 bridgehead atoms. The second-order valence-corrected chi connectivity index (χ2v) is 16.6. The molecule has 3 atom stereocenters. The smallest absolute Gasteiger partial charge is 0.408 e. The molecule has 10 nitrogen and oxygen atoms in total. The number of aromatic amines is 1. The molecule has 3 amide bonds. The van der Waals surface area contributed by atoms with E-state index in [1.165, 1.54) is 13.1 Å². The van der Waals surface area contributed by atoms with Crippen LogP contribution in [-0.4, -0.2) is 58.8 Å². The Kier molecular flexibility index (Phi) is 9.31. The molecule has 0 radical (unpaired) electrons. The van der Waals surface area contributed by atoms with Gasteiger partial charge >= 0.3 is 6.09 Å². The molecule has 3 aromatic rings. The highest BCUT2D eigenvalue weighted by molar-refractivity contribution is 7.57. The number of aromatic nitrogens is 1. The third kappa shape index (κ3) is 7.50. The highest BCUT2D eigenvalue weighted by Crippen LogP contribution is 2.54. The van der Waals surface area contributed by atoms with Gasteiger partial charge < -0.3 is 30.6 Å². The van der Waals surface area contributed by atoms with Crippen LogP contribution in [-0.2, 0) is 25.3 Å². The molecule has 4 aliphatic rings. The van der Waals surface area contributed by atoms with Crippen molar-refractivity contribution in [3.8, 4) is 0 Å². The number of amides is 3. The number of rotatable bonds is 12. The molecule has 246 valence electrons. The summed E-state index contributed by atoms with van der Waals surface area (Å²) in [5.74, 6) is 1.46. The van der Waals surface area contributed by atoms with Crippen LogP contribution in [0.1, 0.15) is 62.6 Å². The Bertz CT molecular complexity index is 1590. The van der Waals surface area contributed by atoms with Gasteiger partial charge in [0.1, 0.15) is 11.6 Å². The lowest BCUT2D eigenvalue weighted by Gasteiger charge is -2.53. The summed E-state index contributed by atoms with van der Waals surface area (Å²) in [6.07, 6.45) is 6.86. The lowest BCUT2D eigenvalue weighted by atomic mass is 9.55. The number of nitrogens with one attached hydrogen (secondary N) is 4. The fraction of sp³-hybridized carbons (Fsp3) is 0.514. The minimum atomic E-state index is -3.35. The zero-order valence-corrected chi connectivity index (χ0v) is 27.4. The van der Waals surface area contributed by atoms with Gasteiger partial charge in [-0.2, -0.15) is 0 Å². The van der Waals surface area contributed by atoms with E-state index in [1.807, 2.05) is 60.8 Å². The Balaban J connectivity index is 1.19. The molecule has 7 rings (SSSR count). The van der Waals surface area contributed by atoms with Crippen LogP contribution in [0, 0.1) is 23.7 Å². The lowest BCUT2D eigenvalue weighted by molar-refractivity contribution is -0.128. The number of carbonyl (C=O) groups is 3. The molecule has 46 heavy (non-hydrogen) atoms. The molecule has 11 heteroatoms. The van der Waals surface area contributed by atoms with E-state index in [1.54, 1.807) is 6.92 Å². The molecule has 1 aromatic heterocycles. The minimum absolute atomic E-state index is 0.0489. The van der Waals surface area contributed by atoms with Crippen molar-refractivity contribution in [3.63, 3.8) is 0 Å². The van der Waals surface area contributed by atoms with Crippen LogP contribution in [0.3, 0.4) is 0 Å². The molecule has 0 saturated heterocycles. The Morgan fingerprint density at radius 2 is 1.65 bits per heavy atom. The van der Waals surface area contributed by atoms with Crippen molar-refractivity contribution >= 4 is 36.2 Å². The first-order chi connectivity index (χ1) is 22.0. The highest BCUT2D eigenvalue weighted by Gasteiger charge is 2.50. The number of ether oxygens (including phenoxy) is 1. The van der Waals surface area contributed by atoms with E-state index in [2.05, 4.69) is 20.9 Å². The molecule has 5 N–H and O–H groups in total. The van der Waals surface area contributed by atoms with Gasteiger partial charge in [-0.15, -0.1) is 0 Å². The number of hydrogen-bond donors (Lipinski definition) is 5. The summed E-state index contributed by atoms with van der Waals surface area (Å²) in [5.41, 5.74) is 1.21. The molecule has 4 saturated carbocycles. The first kappa shape index (κ1) is 32.3. The Labute approximate surface area is 269 Å². The zero-order chi connectivity index (χ0) is 32.5. The maximum Gasteiger partial charge on any atom is 0.408 e. The summed E-state index contributed by atoms with van der Waals surface area (Å²) in [7, 11) is -3.35. The highest BCUT2D eigenvalue weighted by atomic mass is 31.2. The molecular weight excluding hydrogens is 603 g/mol. The van der Waals surface area contributed by atoms with Gasteiger partial charge in [0.15, 0.2) is 7.37 Å². The number of alkyl carbamates (subject to hydrolysis) is 1. The summed E-state index contributed by atoms with van der Waals surface area (Å²) in [6.45, 7) is 2.98. The van der Waals surface area contributed by atoms with Crippen LogP contribution in [0.15, 0.2) is 60.8 Å². The fourth-order valence-electron chi connectivity index (χ4n) is 8.19. The monoisotopic (exact) mass is 648 g/mol. The van der Waals surface area contributed by atoms with E-state index in [-0.39, 0.29) is 31.7 Å². The first-order valence-electron chi connectivity index (χ1n) is 16.4. The van der Waals surface area contributed by atoms with Gasteiger partial charge in [0.25, 0.3) is 0 Å². The standard InChI is InChI=1S/C35H45N4O6P/c1-35(19-27-20-36-29-11-7-6-10-28(27)29,39-34(42)45-32-25-15-22-14-23(17-25)18-26(32)16-22)33(41)37-21-30(24-8-4-3-5-9-24)38-31(40)12-13-46(2,43)44/h3-11,20,22-23,25-26,30,32,36H,12-19,21H2,1-2H3,(H,37,41)(H,38,40)(H,39,42)(H,43,44)/t22?,23?,25?,26?,30-,32?,35-/m1/s1. The Hall–Kier alpha value is -3.62. The van der Waals surface area contributed by atoms with Crippen LogP contribution in [0.25, 0.3) is 10.9 Å². The van der Waals surface area contributed by atoms with E-state index in [0.29, 0.717) is 11.8 Å². The van der Waals surface area contributed by atoms with E-state index >= 15 is 0 Å². The number of H-pyrrole nitrogens is 1. The molecule has 0 aliphatic heterocycles. The largest absolute Gasteiger partial charge is 0.446 e. The van der Waals surface area contributed by atoms with Crippen molar-refractivity contribution in [2.24, 2.45) is 23.7 Å². The van der Waals surface area contributed by atoms with Crippen molar-refractivity contribution in [2.45, 2.75) is 69.6 Å². The third-order valence-corrected chi connectivity index (χ3v) is 11.3. The predicted octanol–water partition coefficient (Wildman–Crippen LogP) is 5.28. The fourth-order valence-corrected chi connectivity index (χ4v) is 8.81. The number of carbonyl (C=O) groups excluding carboxylic acids is 3. The van der Waals surface area contributed by atoms with Gasteiger partial charge in [0.05, 0.1) is 6.04 Å². The summed E-state index contributed by atoms with van der Waals surface area (Å²) < 4.78 is 17.9. The van der Waals surface area contributed by atoms with E-state index in [9.17, 15) is 23.8 Å². The molecule has 0 spiro atoms. The van der Waals surface area contributed by atoms with Gasteiger partial charge in [-0.25, -0.2) is 4.79 Å². The molecule has 4 aliphatic carbocycles. The van der Waals surface area contributed by atoms with Crippen molar-refractivity contribution in [2.75, 3.05) is 19.4 Å². The van der Waals surface area contributed by atoms with Gasteiger partial charge in [-0.3, -0.25) is 14.2 Å². The molecule has 1 unspecified atom stereocenters. The van der Waals surface area contributed by atoms with Gasteiger partial charge in [-0.1, -0.05) is 48.5 Å². The Morgan fingerprint density at radius 3 is 2.33 bits per heavy atom.